The molecule has 1 unspecified atom stereocenters. The average molecular weight is 163 g/mol. The van der Waals surface area contributed by atoms with Crippen molar-refractivity contribution in [1.29, 1.82) is 0 Å². The molecule has 0 aliphatic carbocycles. The molecule has 1 atom stereocenters. The van der Waals surface area contributed by atoms with Crippen molar-refractivity contribution in [2.75, 3.05) is 13.6 Å². The molecule has 1 saturated heterocycles. The van der Waals surface area contributed by atoms with E-state index >= 15 is 0 Å². The number of hydrogen-bond acceptors (Lipinski definition) is 2. The van der Waals surface area contributed by atoms with Crippen LogP contribution in [0.4, 0.5) is 0 Å². The van der Waals surface area contributed by atoms with Gasteiger partial charge in [-0.1, -0.05) is 6.07 Å². The minimum absolute atomic E-state index is 0.533. The van der Waals surface area contributed by atoms with Crippen molar-refractivity contribution in [1.82, 2.24) is 9.88 Å². The summed E-state index contributed by atoms with van der Waals surface area (Å²) in [6, 6.07) is 3.36. The van der Waals surface area contributed by atoms with Gasteiger partial charge in [0.2, 0.25) is 0 Å². The van der Waals surface area contributed by atoms with Gasteiger partial charge in [0.05, 0.1) is 1.37 Å². The molecule has 2 nitrogen and oxygen atoms in total. The highest BCUT2D eigenvalue weighted by molar-refractivity contribution is 5.14. The molecule has 2 heteroatoms. The van der Waals surface area contributed by atoms with Crippen LogP contribution in [0.3, 0.4) is 0 Å². The minimum Gasteiger partial charge on any atom is -0.299 e. The summed E-state index contributed by atoms with van der Waals surface area (Å²) in [5.74, 6) is 0. The molecule has 0 saturated carbocycles. The lowest BCUT2D eigenvalue weighted by Crippen LogP contribution is -2.17. The SMILES string of the molecule is [2H]C1(c2cccnc2)CCCN1C. The maximum absolute atomic E-state index is 8.31. The fourth-order valence-electron chi connectivity index (χ4n) is 1.71. The monoisotopic (exact) mass is 163 g/mol. The zero-order chi connectivity index (χ0) is 9.31. The summed E-state index contributed by atoms with van der Waals surface area (Å²) >= 11 is 0. The van der Waals surface area contributed by atoms with E-state index in [2.05, 4.69) is 9.88 Å². The third-order valence-electron chi connectivity index (χ3n) is 2.36. The first-order valence-electron chi connectivity index (χ1n) is 4.85. The summed E-state index contributed by atoms with van der Waals surface area (Å²) in [4.78, 5) is 6.15. The van der Waals surface area contributed by atoms with Gasteiger partial charge in [0, 0.05) is 18.4 Å². The van der Waals surface area contributed by atoms with Crippen LogP contribution in [0, 0.1) is 0 Å². The van der Waals surface area contributed by atoms with Crippen molar-refractivity contribution in [3.63, 3.8) is 0 Å². The lowest BCUT2D eigenvalue weighted by Gasteiger charge is -2.18. The van der Waals surface area contributed by atoms with E-state index in [0.29, 0.717) is 0 Å². The van der Waals surface area contributed by atoms with Gasteiger partial charge >= 0.3 is 0 Å². The second-order valence-corrected chi connectivity index (χ2v) is 3.21. The Balaban J connectivity index is 2.34. The van der Waals surface area contributed by atoms with Gasteiger partial charge in [0.25, 0.3) is 0 Å². The first-order chi connectivity index (χ1) is 6.23. The molecule has 1 fully saturated rings. The van der Waals surface area contributed by atoms with Crippen LogP contribution in [0.15, 0.2) is 24.5 Å². The third-order valence-corrected chi connectivity index (χ3v) is 2.36. The van der Waals surface area contributed by atoms with Crippen LogP contribution in [0.2, 0.25) is 0 Å². The van der Waals surface area contributed by atoms with Crippen LogP contribution in [0.1, 0.15) is 25.8 Å². The molecular formula is C10H14N2. The van der Waals surface area contributed by atoms with E-state index in [0.717, 1.165) is 24.9 Å². The Morgan fingerprint density at radius 3 is 3.25 bits per heavy atom. The number of rotatable bonds is 1. The standard InChI is InChI=1S/C10H14N2/c1-12-7-3-5-10(12)9-4-2-6-11-8-9/h2,4,6,8,10H,3,5,7H2,1H3/i10D. The third kappa shape index (κ3) is 1.34. The topological polar surface area (TPSA) is 16.1 Å². The Kier molecular flexibility index (Phi) is 1.78. The van der Waals surface area contributed by atoms with Crippen molar-refractivity contribution < 1.29 is 1.37 Å². The molecule has 1 aromatic heterocycles. The van der Waals surface area contributed by atoms with Crippen LogP contribution in [-0.2, 0) is 0 Å². The van der Waals surface area contributed by atoms with E-state index in [4.69, 9.17) is 1.37 Å². The van der Waals surface area contributed by atoms with Crippen molar-refractivity contribution >= 4 is 0 Å². The van der Waals surface area contributed by atoms with E-state index in [1.807, 2.05) is 19.2 Å². The number of likely N-dealkylation sites (tertiary alicyclic amines) is 1. The molecule has 0 N–H and O–H groups in total. The molecule has 1 aliphatic heterocycles. The van der Waals surface area contributed by atoms with Gasteiger partial charge in [0.15, 0.2) is 0 Å². The first-order valence-corrected chi connectivity index (χ1v) is 4.35. The summed E-state index contributed by atoms with van der Waals surface area (Å²) in [5.41, 5.74) is 1.01. The van der Waals surface area contributed by atoms with Gasteiger partial charge in [-0.15, -0.1) is 0 Å². The summed E-state index contributed by atoms with van der Waals surface area (Å²) < 4.78 is 8.31. The van der Waals surface area contributed by atoms with E-state index in [1.54, 1.807) is 12.4 Å². The maximum Gasteiger partial charge on any atom is 0.0519 e. The van der Waals surface area contributed by atoms with E-state index in [1.165, 1.54) is 0 Å². The van der Waals surface area contributed by atoms with Crippen LogP contribution in [0.25, 0.3) is 0 Å². The number of nitrogens with zero attached hydrogens (tertiary/aromatic N) is 2. The lowest BCUT2D eigenvalue weighted by atomic mass is 10.1. The predicted octanol–water partition coefficient (Wildman–Crippen LogP) is 1.85. The molecule has 0 amide bonds. The number of hydrogen-bond donors (Lipinski definition) is 0. The molecule has 64 valence electrons. The van der Waals surface area contributed by atoms with Crippen molar-refractivity contribution in [2.24, 2.45) is 0 Å². The molecule has 1 aliphatic rings. The quantitative estimate of drug-likeness (QED) is 0.628. The Morgan fingerprint density at radius 1 is 1.75 bits per heavy atom. The molecule has 0 spiro atoms. The van der Waals surface area contributed by atoms with Crippen molar-refractivity contribution in [2.45, 2.75) is 18.9 Å². The largest absolute Gasteiger partial charge is 0.299 e. The van der Waals surface area contributed by atoms with E-state index < -0.39 is 6.02 Å². The predicted molar refractivity (Wildman–Crippen MR) is 48.8 cm³/mol. The Hall–Kier alpha value is -0.890. The average Bonchev–Trinajstić information content (AvgIpc) is 2.50. The fourth-order valence-corrected chi connectivity index (χ4v) is 1.71. The highest BCUT2D eigenvalue weighted by Gasteiger charge is 2.21. The van der Waals surface area contributed by atoms with Crippen LogP contribution in [-0.4, -0.2) is 23.5 Å². The van der Waals surface area contributed by atoms with Gasteiger partial charge in [-0.2, -0.15) is 0 Å². The molecule has 2 heterocycles. The van der Waals surface area contributed by atoms with E-state index in [9.17, 15) is 0 Å². The Labute approximate surface area is 74.6 Å². The molecular weight excluding hydrogens is 148 g/mol. The van der Waals surface area contributed by atoms with Gasteiger partial charge in [-0.05, 0) is 38.1 Å². The van der Waals surface area contributed by atoms with Crippen LogP contribution >= 0.6 is 0 Å². The van der Waals surface area contributed by atoms with Crippen molar-refractivity contribution in [3.8, 4) is 0 Å². The molecule has 0 bridgehead atoms. The first kappa shape index (κ1) is 6.61. The summed E-state index contributed by atoms with van der Waals surface area (Å²) in [5, 5.41) is 0. The molecule has 1 aromatic rings. The highest BCUT2D eigenvalue weighted by Crippen LogP contribution is 2.29. The second-order valence-electron chi connectivity index (χ2n) is 3.21. The molecule has 2 rings (SSSR count). The van der Waals surface area contributed by atoms with Crippen LogP contribution in [0.5, 0.6) is 0 Å². The van der Waals surface area contributed by atoms with Gasteiger partial charge in [-0.25, -0.2) is 0 Å². The Bertz CT molecular complexity index is 288. The van der Waals surface area contributed by atoms with Gasteiger partial charge in [0.1, 0.15) is 0 Å². The normalized spacial score (nSPS) is 31.9. The van der Waals surface area contributed by atoms with Gasteiger partial charge < -0.3 is 0 Å². The summed E-state index contributed by atoms with van der Waals surface area (Å²) in [7, 11) is 2.01. The minimum atomic E-state index is -0.533. The maximum atomic E-state index is 8.31. The summed E-state index contributed by atoms with van der Waals surface area (Å²) in [6.07, 6.45) is 5.57. The van der Waals surface area contributed by atoms with Gasteiger partial charge in [-0.3, -0.25) is 9.88 Å². The van der Waals surface area contributed by atoms with E-state index in [-0.39, 0.29) is 0 Å². The van der Waals surface area contributed by atoms with Crippen LogP contribution < -0.4 is 0 Å². The molecule has 12 heavy (non-hydrogen) atoms. The zero-order valence-corrected chi connectivity index (χ0v) is 7.33. The van der Waals surface area contributed by atoms with Crippen molar-refractivity contribution in [3.05, 3.63) is 30.1 Å². The smallest absolute Gasteiger partial charge is 0.0519 e. The molecule has 0 radical (unpaired) electrons. The number of aromatic nitrogens is 1. The zero-order valence-electron chi connectivity index (χ0n) is 8.33. The second kappa shape index (κ2) is 3.23. The fraction of sp³-hybridized carbons (Fsp3) is 0.500. The summed E-state index contributed by atoms with van der Waals surface area (Å²) in [6.45, 7) is 1.01. The Morgan fingerprint density at radius 2 is 2.67 bits per heavy atom. The lowest BCUT2D eigenvalue weighted by molar-refractivity contribution is 0.317. The molecule has 0 aromatic carbocycles. The highest BCUT2D eigenvalue weighted by atomic mass is 15.1. The number of pyridine rings is 1.